The molecule has 6 heteroatoms. The number of carbonyl (C=O) groups excluding carboxylic acids is 2. The molecule has 4 rings (SSSR count). The fourth-order valence-electron chi connectivity index (χ4n) is 4.69. The van der Waals surface area contributed by atoms with Crippen molar-refractivity contribution >= 4 is 17.9 Å². The van der Waals surface area contributed by atoms with E-state index in [1.165, 1.54) is 0 Å². The molecule has 0 aliphatic heterocycles. The van der Waals surface area contributed by atoms with Crippen LogP contribution in [-0.2, 0) is 14.3 Å². The zero-order chi connectivity index (χ0) is 20.8. The molecule has 0 heterocycles. The average Bonchev–Trinajstić information content (AvgIpc) is 3.45. The first-order valence-corrected chi connectivity index (χ1v) is 9.58. The Kier molecular flexibility index (Phi) is 4.45. The third kappa shape index (κ3) is 2.90. The maximum atomic E-state index is 12.7. The number of carboxylic acid groups (broad SMARTS) is 1. The monoisotopic (exact) mass is 394 g/mol. The Balaban J connectivity index is 1.66. The van der Waals surface area contributed by atoms with E-state index in [-0.39, 0.29) is 11.8 Å². The second-order valence-corrected chi connectivity index (χ2v) is 8.04. The van der Waals surface area contributed by atoms with Gasteiger partial charge < -0.3 is 14.6 Å². The first kappa shape index (κ1) is 19.2. The smallest absolute Gasteiger partial charge is 0.338 e. The van der Waals surface area contributed by atoms with Crippen LogP contribution in [0.5, 0.6) is 0 Å². The average molecular weight is 394 g/mol. The van der Waals surface area contributed by atoms with E-state index in [2.05, 4.69) is 0 Å². The number of ether oxygens (including phenoxy) is 2. The molecule has 29 heavy (non-hydrogen) atoms. The Morgan fingerprint density at radius 3 is 1.97 bits per heavy atom. The molecule has 0 saturated heterocycles. The summed E-state index contributed by atoms with van der Waals surface area (Å²) in [7, 11) is 0. The zero-order valence-electron chi connectivity index (χ0n) is 16.2. The summed E-state index contributed by atoms with van der Waals surface area (Å²) in [5.41, 5.74) is -1.80. The third-order valence-electron chi connectivity index (χ3n) is 6.51. The Labute approximate surface area is 168 Å². The first-order chi connectivity index (χ1) is 13.8. The van der Waals surface area contributed by atoms with Gasteiger partial charge in [-0.3, -0.25) is 4.79 Å². The number of hydrogen-bond acceptors (Lipinski definition) is 5. The molecule has 6 nitrogen and oxygen atoms in total. The van der Waals surface area contributed by atoms with Gasteiger partial charge >= 0.3 is 17.9 Å². The molecule has 2 aromatic carbocycles. The highest BCUT2D eigenvalue weighted by Gasteiger charge is 2.81. The number of benzene rings is 2. The predicted molar refractivity (Wildman–Crippen MR) is 103 cm³/mol. The summed E-state index contributed by atoms with van der Waals surface area (Å²) in [6.07, 6.45) is -0.679. The quantitative estimate of drug-likeness (QED) is 0.780. The minimum Gasteiger partial charge on any atom is -0.481 e. The molecular formula is C23H22O6. The molecule has 0 spiro atoms. The van der Waals surface area contributed by atoms with Gasteiger partial charge in [0.2, 0.25) is 0 Å². The second kappa shape index (κ2) is 6.72. The molecule has 2 saturated carbocycles. The van der Waals surface area contributed by atoms with E-state index < -0.39 is 35.0 Å². The van der Waals surface area contributed by atoms with Gasteiger partial charge in [-0.15, -0.1) is 0 Å². The Hall–Kier alpha value is -3.15. The van der Waals surface area contributed by atoms with E-state index in [1.54, 1.807) is 67.6 Å². The van der Waals surface area contributed by atoms with Gasteiger partial charge in [0.1, 0.15) is 5.41 Å². The highest BCUT2D eigenvalue weighted by Crippen LogP contribution is 2.71. The lowest BCUT2D eigenvalue weighted by Gasteiger charge is -2.38. The number of hydrogen-bond donors (Lipinski definition) is 1. The Morgan fingerprint density at radius 2 is 1.45 bits per heavy atom. The highest BCUT2D eigenvalue weighted by atomic mass is 16.6. The largest absolute Gasteiger partial charge is 0.481 e. The fourth-order valence-corrected chi connectivity index (χ4v) is 4.69. The lowest BCUT2D eigenvalue weighted by Crippen LogP contribution is -2.52. The topological polar surface area (TPSA) is 89.9 Å². The number of rotatable bonds is 5. The van der Waals surface area contributed by atoms with Crippen LogP contribution in [-0.4, -0.2) is 34.7 Å². The normalized spacial score (nSPS) is 32.1. The molecule has 0 radical (unpaired) electrons. The summed E-state index contributed by atoms with van der Waals surface area (Å²) in [6.45, 7) is 3.52. The first-order valence-electron chi connectivity index (χ1n) is 9.58. The van der Waals surface area contributed by atoms with Gasteiger partial charge in [-0.1, -0.05) is 43.3 Å². The molecule has 2 aliphatic carbocycles. The Morgan fingerprint density at radius 1 is 0.931 bits per heavy atom. The number of fused-ring (bicyclic) bond motifs is 1. The molecule has 0 aromatic heterocycles. The molecule has 5 atom stereocenters. The fraction of sp³-hybridized carbons (Fsp3) is 0.348. The van der Waals surface area contributed by atoms with E-state index in [1.807, 2.05) is 6.92 Å². The van der Waals surface area contributed by atoms with Gasteiger partial charge in [0.25, 0.3) is 0 Å². The minimum absolute atomic E-state index is 0.220. The number of aliphatic carboxylic acids is 1. The van der Waals surface area contributed by atoms with Crippen molar-refractivity contribution in [2.45, 2.75) is 32.0 Å². The second-order valence-electron chi connectivity index (χ2n) is 8.04. The number of carboxylic acids is 1. The van der Waals surface area contributed by atoms with Crippen LogP contribution in [0.1, 0.15) is 41.0 Å². The molecule has 2 aliphatic rings. The molecule has 2 fully saturated rings. The van der Waals surface area contributed by atoms with Crippen molar-refractivity contribution in [3.05, 3.63) is 71.8 Å². The molecule has 150 valence electrons. The van der Waals surface area contributed by atoms with Gasteiger partial charge in [0, 0.05) is 5.92 Å². The van der Waals surface area contributed by atoms with E-state index in [4.69, 9.17) is 9.47 Å². The number of carbonyl (C=O) groups is 3. The van der Waals surface area contributed by atoms with Gasteiger partial charge in [-0.2, -0.15) is 0 Å². The van der Waals surface area contributed by atoms with Crippen LogP contribution in [0.3, 0.4) is 0 Å². The van der Waals surface area contributed by atoms with E-state index in [9.17, 15) is 19.5 Å². The molecule has 5 unspecified atom stereocenters. The van der Waals surface area contributed by atoms with Crippen molar-refractivity contribution < 1.29 is 29.0 Å². The summed E-state index contributed by atoms with van der Waals surface area (Å²) in [4.78, 5) is 37.6. The minimum atomic E-state index is -1.25. The highest BCUT2D eigenvalue weighted by molar-refractivity contribution is 5.92. The van der Waals surface area contributed by atoms with Crippen LogP contribution in [0.4, 0.5) is 0 Å². The summed E-state index contributed by atoms with van der Waals surface area (Å²) in [5, 5.41) is 9.94. The summed E-state index contributed by atoms with van der Waals surface area (Å²) in [6, 6.07) is 16.9. The van der Waals surface area contributed by atoms with Gasteiger partial charge in [0.05, 0.1) is 11.1 Å². The summed E-state index contributed by atoms with van der Waals surface area (Å²) in [5.74, 6) is -2.72. The van der Waals surface area contributed by atoms with Crippen molar-refractivity contribution in [2.24, 2.45) is 17.3 Å². The van der Waals surface area contributed by atoms with Gasteiger partial charge in [0.15, 0.2) is 11.7 Å². The lowest BCUT2D eigenvalue weighted by atomic mass is 9.85. The molecule has 0 amide bonds. The van der Waals surface area contributed by atoms with Crippen LogP contribution in [0, 0.1) is 17.3 Å². The van der Waals surface area contributed by atoms with E-state index >= 15 is 0 Å². The van der Waals surface area contributed by atoms with E-state index in [0.29, 0.717) is 17.5 Å². The maximum absolute atomic E-state index is 12.7. The number of esters is 2. The van der Waals surface area contributed by atoms with Crippen molar-refractivity contribution in [1.29, 1.82) is 0 Å². The van der Waals surface area contributed by atoms with Crippen LogP contribution in [0.25, 0.3) is 0 Å². The lowest BCUT2D eigenvalue weighted by molar-refractivity contribution is -0.156. The van der Waals surface area contributed by atoms with Crippen LogP contribution in [0.2, 0.25) is 0 Å². The SMILES string of the molecule is CC1C2CC2(C(=O)O)C(OC(=O)c2ccccc2)C1(C)OC(=O)c1ccccc1. The van der Waals surface area contributed by atoms with Gasteiger partial charge in [-0.25, -0.2) is 9.59 Å². The van der Waals surface area contributed by atoms with Crippen LogP contribution < -0.4 is 0 Å². The van der Waals surface area contributed by atoms with Crippen molar-refractivity contribution in [1.82, 2.24) is 0 Å². The maximum Gasteiger partial charge on any atom is 0.338 e. The molecular weight excluding hydrogens is 372 g/mol. The molecule has 2 aromatic rings. The zero-order valence-corrected chi connectivity index (χ0v) is 16.2. The standard InChI is InChI=1S/C23H22O6/c1-14-17-13-23(17,21(26)27)20(28-18(24)15-9-5-3-6-10-15)22(14,2)29-19(25)16-11-7-4-8-12-16/h3-12,14,17,20H,13H2,1-2H3,(H,26,27). The summed E-state index contributed by atoms with van der Waals surface area (Å²) >= 11 is 0. The van der Waals surface area contributed by atoms with Crippen molar-refractivity contribution in [3.63, 3.8) is 0 Å². The van der Waals surface area contributed by atoms with Crippen molar-refractivity contribution in [2.75, 3.05) is 0 Å². The van der Waals surface area contributed by atoms with Gasteiger partial charge in [-0.05, 0) is 43.5 Å². The summed E-state index contributed by atoms with van der Waals surface area (Å²) < 4.78 is 11.6. The molecule has 1 N–H and O–H groups in total. The Bertz CT molecular complexity index is 956. The van der Waals surface area contributed by atoms with Crippen LogP contribution >= 0.6 is 0 Å². The third-order valence-corrected chi connectivity index (χ3v) is 6.51. The predicted octanol–water partition coefficient (Wildman–Crippen LogP) is 3.57. The van der Waals surface area contributed by atoms with E-state index in [0.717, 1.165) is 0 Å². The van der Waals surface area contributed by atoms with Crippen molar-refractivity contribution in [3.8, 4) is 0 Å². The van der Waals surface area contributed by atoms with Crippen LogP contribution in [0.15, 0.2) is 60.7 Å². The molecule has 0 bridgehead atoms.